The molecule has 0 radical (unpaired) electrons. The maximum atomic E-state index is 12.7. The summed E-state index contributed by atoms with van der Waals surface area (Å²) in [4.78, 5) is 59.0. The van der Waals surface area contributed by atoms with Crippen molar-refractivity contribution in [2.45, 2.75) is 72.4 Å². The topological polar surface area (TPSA) is 228 Å². The molecule has 0 heterocycles. The number of sulfonamides is 1. The van der Waals surface area contributed by atoms with Gasteiger partial charge in [-0.05, 0) is 26.2 Å². The van der Waals surface area contributed by atoms with E-state index in [0.29, 0.717) is 6.42 Å². The number of carboxylic acid groups (broad SMARTS) is 2. The molecule has 0 bridgehead atoms. The van der Waals surface area contributed by atoms with Crippen molar-refractivity contribution in [3.05, 3.63) is 0 Å². The lowest BCUT2D eigenvalue weighted by Gasteiger charge is -2.35. The Balaban J connectivity index is 4.68. The molecule has 0 aromatic carbocycles. The first kappa shape index (κ1) is 34.2. The van der Waals surface area contributed by atoms with Gasteiger partial charge in [0.25, 0.3) is 0 Å². The van der Waals surface area contributed by atoms with Gasteiger partial charge < -0.3 is 31.3 Å². The van der Waals surface area contributed by atoms with E-state index in [9.17, 15) is 37.5 Å². The quantitative estimate of drug-likeness (QED) is 0.100. The molecule has 0 aliphatic carbocycles. The summed E-state index contributed by atoms with van der Waals surface area (Å²) in [5, 5.41) is 34.6. The van der Waals surface area contributed by atoms with Crippen molar-refractivity contribution in [1.82, 2.24) is 20.7 Å². The van der Waals surface area contributed by atoms with Crippen molar-refractivity contribution in [1.29, 1.82) is 0 Å². The number of aliphatic carboxylic acids is 2. The minimum Gasteiger partial charge on any atom is -0.481 e. The van der Waals surface area contributed by atoms with Gasteiger partial charge in [-0.15, -0.1) is 0 Å². The van der Waals surface area contributed by atoms with Crippen LogP contribution in [-0.4, -0.2) is 90.9 Å². The molecule has 0 aromatic heterocycles. The van der Waals surface area contributed by atoms with Crippen LogP contribution < -0.4 is 20.7 Å². The van der Waals surface area contributed by atoms with Gasteiger partial charge in [0.05, 0.1) is 24.8 Å². The van der Waals surface area contributed by atoms with Crippen LogP contribution in [0.2, 0.25) is 0 Å². The SMILES string of the molecule is CCC(C)(CC(C)(C)C(=O)NCC(=O)NCCCS(=O)(=O)NC(CC(=O)O)C(=O)O)C(=O)NCC(C)O. The second kappa shape index (κ2) is 14.8. The molecule has 0 aliphatic heterocycles. The van der Waals surface area contributed by atoms with Crippen molar-refractivity contribution >= 4 is 39.7 Å². The van der Waals surface area contributed by atoms with Crippen LogP contribution in [0.15, 0.2) is 0 Å². The minimum atomic E-state index is -4.11. The Morgan fingerprint density at radius 3 is 2.03 bits per heavy atom. The number of nitrogens with one attached hydrogen (secondary N) is 4. The number of amides is 3. The van der Waals surface area contributed by atoms with E-state index < -0.39 is 68.9 Å². The van der Waals surface area contributed by atoms with Crippen LogP contribution in [0.1, 0.15) is 60.3 Å². The Labute approximate surface area is 217 Å². The van der Waals surface area contributed by atoms with Gasteiger partial charge in [-0.2, -0.15) is 0 Å². The maximum Gasteiger partial charge on any atom is 0.322 e. The van der Waals surface area contributed by atoms with Crippen LogP contribution in [0, 0.1) is 10.8 Å². The molecule has 0 aromatic rings. The standard InChI is InChI=1S/C22H40N4O10S/c1-6-22(5,20(34)24-11-14(2)27)13-21(3,4)19(33)25-12-16(28)23-8-7-9-37(35,36)26-15(18(31)32)10-17(29)30/h14-15,26-27H,6-13H2,1-5H3,(H,23,28)(H,24,34)(H,25,33)(H,29,30)(H,31,32). The van der Waals surface area contributed by atoms with E-state index in [-0.39, 0.29) is 38.4 Å². The maximum absolute atomic E-state index is 12.7. The van der Waals surface area contributed by atoms with Crippen LogP contribution in [0.4, 0.5) is 0 Å². The van der Waals surface area contributed by atoms with Crippen molar-refractivity contribution in [3.63, 3.8) is 0 Å². The summed E-state index contributed by atoms with van der Waals surface area (Å²) in [6.07, 6.45) is -1.10. The van der Waals surface area contributed by atoms with Crippen molar-refractivity contribution in [2.75, 3.05) is 25.4 Å². The number of hydrogen-bond donors (Lipinski definition) is 7. The molecule has 0 spiro atoms. The number of carbonyl (C=O) groups excluding carboxylic acids is 3. The van der Waals surface area contributed by atoms with Crippen LogP contribution in [0.25, 0.3) is 0 Å². The van der Waals surface area contributed by atoms with Crippen LogP contribution in [0.3, 0.4) is 0 Å². The summed E-state index contributed by atoms with van der Waals surface area (Å²) in [7, 11) is -4.11. The highest BCUT2D eigenvalue weighted by molar-refractivity contribution is 7.89. The predicted molar refractivity (Wildman–Crippen MR) is 133 cm³/mol. The second-order valence-corrected chi connectivity index (χ2v) is 11.7. The molecule has 7 N–H and O–H groups in total. The molecule has 15 heteroatoms. The molecule has 0 fully saturated rings. The molecular weight excluding hydrogens is 512 g/mol. The Bertz CT molecular complexity index is 936. The number of carboxylic acids is 2. The van der Waals surface area contributed by atoms with Crippen LogP contribution in [-0.2, 0) is 34.0 Å². The first-order valence-electron chi connectivity index (χ1n) is 11.8. The molecular formula is C22H40N4O10S. The Morgan fingerprint density at radius 1 is 0.946 bits per heavy atom. The van der Waals surface area contributed by atoms with Crippen LogP contribution in [0.5, 0.6) is 0 Å². The van der Waals surface area contributed by atoms with E-state index in [4.69, 9.17) is 10.2 Å². The van der Waals surface area contributed by atoms with E-state index in [0.717, 1.165) is 0 Å². The van der Waals surface area contributed by atoms with Gasteiger partial charge in [-0.3, -0.25) is 24.0 Å². The van der Waals surface area contributed by atoms with Gasteiger partial charge in [-0.25, -0.2) is 13.1 Å². The molecule has 3 atom stereocenters. The number of aliphatic hydroxyl groups is 1. The number of hydrogen-bond acceptors (Lipinski definition) is 8. The van der Waals surface area contributed by atoms with Crippen LogP contribution >= 0.6 is 0 Å². The summed E-state index contributed by atoms with van der Waals surface area (Å²) in [5.41, 5.74) is -1.90. The minimum absolute atomic E-state index is 0.0844. The lowest BCUT2D eigenvalue weighted by molar-refractivity contribution is -0.145. The highest BCUT2D eigenvalue weighted by Gasteiger charge is 2.41. The van der Waals surface area contributed by atoms with Gasteiger partial charge in [0.15, 0.2) is 0 Å². The summed E-state index contributed by atoms with van der Waals surface area (Å²) in [5.74, 6) is -5.00. The third kappa shape index (κ3) is 13.4. The fraction of sp³-hybridized carbons (Fsp3) is 0.773. The van der Waals surface area contributed by atoms with E-state index in [1.54, 1.807) is 32.4 Å². The fourth-order valence-corrected chi connectivity index (χ4v) is 4.72. The fourth-order valence-electron chi connectivity index (χ4n) is 3.46. The largest absolute Gasteiger partial charge is 0.481 e. The summed E-state index contributed by atoms with van der Waals surface area (Å²) >= 11 is 0. The molecule has 37 heavy (non-hydrogen) atoms. The zero-order valence-corrected chi connectivity index (χ0v) is 22.7. The lowest BCUT2D eigenvalue weighted by Crippen LogP contribution is -2.48. The van der Waals surface area contributed by atoms with E-state index >= 15 is 0 Å². The number of aliphatic hydroxyl groups excluding tert-OH is 1. The lowest BCUT2D eigenvalue weighted by atomic mass is 9.71. The average molecular weight is 553 g/mol. The third-order valence-corrected chi connectivity index (χ3v) is 7.12. The summed E-state index contributed by atoms with van der Waals surface area (Å²) in [6.45, 7) is 7.96. The van der Waals surface area contributed by atoms with Crippen molar-refractivity contribution < 1.29 is 47.7 Å². The normalized spacial score (nSPS) is 15.1. The molecule has 0 saturated heterocycles. The molecule has 3 unspecified atom stereocenters. The van der Waals surface area contributed by atoms with Gasteiger partial charge in [0, 0.05) is 23.9 Å². The smallest absolute Gasteiger partial charge is 0.322 e. The molecule has 14 nitrogen and oxygen atoms in total. The average Bonchev–Trinajstić information content (AvgIpc) is 2.77. The van der Waals surface area contributed by atoms with Gasteiger partial charge in [-0.1, -0.05) is 27.7 Å². The predicted octanol–water partition coefficient (Wildman–Crippen LogP) is -1.21. The van der Waals surface area contributed by atoms with Crippen molar-refractivity contribution in [2.24, 2.45) is 10.8 Å². The molecule has 0 rings (SSSR count). The zero-order chi connectivity index (χ0) is 29.0. The molecule has 0 saturated carbocycles. The number of rotatable bonds is 18. The van der Waals surface area contributed by atoms with Gasteiger partial charge in [0.1, 0.15) is 6.04 Å². The van der Waals surface area contributed by atoms with Gasteiger partial charge in [0.2, 0.25) is 27.7 Å². The Kier molecular flexibility index (Phi) is 13.7. The summed E-state index contributed by atoms with van der Waals surface area (Å²) < 4.78 is 25.8. The first-order chi connectivity index (χ1) is 16.8. The third-order valence-electron chi connectivity index (χ3n) is 5.65. The molecule has 3 amide bonds. The highest BCUT2D eigenvalue weighted by atomic mass is 32.2. The Hall–Kier alpha value is -2.78. The van der Waals surface area contributed by atoms with E-state index in [1.807, 2.05) is 6.92 Å². The Morgan fingerprint density at radius 2 is 1.54 bits per heavy atom. The van der Waals surface area contributed by atoms with E-state index in [2.05, 4.69) is 16.0 Å². The van der Waals surface area contributed by atoms with E-state index in [1.165, 1.54) is 0 Å². The molecule has 214 valence electrons. The zero-order valence-electron chi connectivity index (χ0n) is 21.9. The second-order valence-electron chi connectivity index (χ2n) is 9.85. The monoisotopic (exact) mass is 552 g/mol. The van der Waals surface area contributed by atoms with Crippen molar-refractivity contribution in [3.8, 4) is 0 Å². The van der Waals surface area contributed by atoms with Gasteiger partial charge >= 0.3 is 11.9 Å². The highest BCUT2D eigenvalue weighted by Crippen LogP contribution is 2.37. The first-order valence-corrected chi connectivity index (χ1v) is 13.5. The number of carbonyl (C=O) groups is 5. The molecule has 0 aliphatic rings. The summed E-state index contributed by atoms with van der Waals surface area (Å²) in [6, 6.07) is -1.81.